The summed E-state index contributed by atoms with van der Waals surface area (Å²) >= 11 is 0. The Labute approximate surface area is 116 Å². The van der Waals surface area contributed by atoms with Crippen molar-refractivity contribution in [3.63, 3.8) is 0 Å². The first-order valence-corrected chi connectivity index (χ1v) is 7.64. The van der Waals surface area contributed by atoms with Gasteiger partial charge in [0.1, 0.15) is 0 Å². The molecule has 0 bridgehead atoms. The largest absolute Gasteiger partial charge is 0.390 e. The standard InChI is InChI=1S/C17H25NO/c1-14-11-16(12-14)17(19)7-9-18(10-8-17)13-15-5-3-2-4-6-15/h2-6,14,16,19H,7-13H2,1H3. The second-order valence-corrected chi connectivity index (χ2v) is 6.64. The van der Waals surface area contributed by atoms with E-state index in [2.05, 4.69) is 42.2 Å². The quantitative estimate of drug-likeness (QED) is 0.902. The van der Waals surface area contributed by atoms with Gasteiger partial charge in [0.15, 0.2) is 0 Å². The van der Waals surface area contributed by atoms with E-state index in [1.807, 2.05) is 0 Å². The lowest BCUT2D eigenvalue weighted by Crippen LogP contribution is -2.51. The zero-order chi connectivity index (χ0) is 13.3. The van der Waals surface area contributed by atoms with Gasteiger partial charge >= 0.3 is 0 Å². The number of piperidine rings is 1. The molecular weight excluding hydrogens is 234 g/mol. The predicted octanol–water partition coefficient (Wildman–Crippen LogP) is 3.06. The van der Waals surface area contributed by atoms with Gasteiger partial charge in [-0.3, -0.25) is 4.90 Å². The Balaban J connectivity index is 1.52. The number of hydrogen-bond acceptors (Lipinski definition) is 2. The Morgan fingerprint density at radius 3 is 2.37 bits per heavy atom. The maximum atomic E-state index is 10.8. The normalized spacial score (nSPS) is 30.8. The first-order chi connectivity index (χ1) is 9.16. The molecule has 3 rings (SSSR count). The van der Waals surface area contributed by atoms with Gasteiger partial charge in [-0.05, 0) is 43.1 Å². The van der Waals surface area contributed by atoms with E-state index in [4.69, 9.17) is 0 Å². The van der Waals surface area contributed by atoms with E-state index in [1.165, 1.54) is 18.4 Å². The first-order valence-electron chi connectivity index (χ1n) is 7.64. The molecule has 0 amide bonds. The minimum atomic E-state index is -0.361. The number of benzene rings is 1. The molecule has 1 aromatic carbocycles. The molecule has 0 unspecified atom stereocenters. The van der Waals surface area contributed by atoms with Crippen LogP contribution in [0.2, 0.25) is 0 Å². The van der Waals surface area contributed by atoms with Crippen molar-refractivity contribution in [2.75, 3.05) is 13.1 Å². The summed E-state index contributed by atoms with van der Waals surface area (Å²) in [4.78, 5) is 2.48. The van der Waals surface area contributed by atoms with Crippen LogP contribution in [0.4, 0.5) is 0 Å². The average Bonchev–Trinajstić information content (AvgIpc) is 2.39. The number of rotatable bonds is 3. The van der Waals surface area contributed by atoms with Gasteiger partial charge in [-0.1, -0.05) is 37.3 Å². The van der Waals surface area contributed by atoms with Crippen LogP contribution in [0.15, 0.2) is 30.3 Å². The predicted molar refractivity (Wildman–Crippen MR) is 77.8 cm³/mol. The first kappa shape index (κ1) is 13.1. The fourth-order valence-electron chi connectivity index (χ4n) is 3.69. The van der Waals surface area contributed by atoms with Gasteiger partial charge in [0.05, 0.1) is 5.60 Å². The summed E-state index contributed by atoms with van der Waals surface area (Å²) in [5.41, 5.74) is 1.02. The van der Waals surface area contributed by atoms with Gasteiger partial charge in [0, 0.05) is 19.6 Å². The Kier molecular flexibility index (Phi) is 3.64. The van der Waals surface area contributed by atoms with E-state index in [0.717, 1.165) is 38.4 Å². The van der Waals surface area contributed by atoms with Crippen molar-refractivity contribution in [3.05, 3.63) is 35.9 Å². The summed E-state index contributed by atoms with van der Waals surface area (Å²) in [6.07, 6.45) is 4.37. The Morgan fingerprint density at radius 2 is 1.79 bits per heavy atom. The molecule has 1 aliphatic heterocycles. The zero-order valence-electron chi connectivity index (χ0n) is 11.9. The fourth-order valence-corrected chi connectivity index (χ4v) is 3.69. The van der Waals surface area contributed by atoms with Crippen molar-refractivity contribution in [3.8, 4) is 0 Å². The van der Waals surface area contributed by atoms with Crippen LogP contribution in [0.25, 0.3) is 0 Å². The molecule has 1 saturated heterocycles. The summed E-state index contributed by atoms with van der Waals surface area (Å²) in [7, 11) is 0. The lowest BCUT2D eigenvalue weighted by atomic mass is 9.64. The summed E-state index contributed by atoms with van der Waals surface area (Å²) < 4.78 is 0. The van der Waals surface area contributed by atoms with Crippen LogP contribution in [-0.2, 0) is 6.54 Å². The third-order valence-corrected chi connectivity index (χ3v) is 5.10. The van der Waals surface area contributed by atoms with Gasteiger partial charge < -0.3 is 5.11 Å². The fraction of sp³-hybridized carbons (Fsp3) is 0.647. The number of likely N-dealkylation sites (tertiary alicyclic amines) is 1. The highest BCUT2D eigenvalue weighted by Crippen LogP contribution is 2.45. The molecule has 104 valence electrons. The molecule has 1 N–H and O–H groups in total. The second kappa shape index (κ2) is 5.26. The van der Waals surface area contributed by atoms with Gasteiger partial charge in [0.25, 0.3) is 0 Å². The number of hydrogen-bond donors (Lipinski definition) is 1. The molecule has 1 heterocycles. The molecule has 2 nitrogen and oxygen atoms in total. The van der Waals surface area contributed by atoms with Crippen molar-refractivity contribution >= 4 is 0 Å². The molecule has 2 aliphatic rings. The third-order valence-electron chi connectivity index (χ3n) is 5.10. The van der Waals surface area contributed by atoms with Crippen LogP contribution in [0.3, 0.4) is 0 Å². The highest BCUT2D eigenvalue weighted by molar-refractivity contribution is 5.14. The topological polar surface area (TPSA) is 23.5 Å². The highest BCUT2D eigenvalue weighted by atomic mass is 16.3. The van der Waals surface area contributed by atoms with Crippen molar-refractivity contribution in [2.45, 2.75) is 44.8 Å². The lowest BCUT2D eigenvalue weighted by Gasteiger charge is -2.49. The Hall–Kier alpha value is -0.860. The van der Waals surface area contributed by atoms with Gasteiger partial charge in [-0.15, -0.1) is 0 Å². The monoisotopic (exact) mass is 259 g/mol. The molecule has 0 aromatic heterocycles. The molecule has 19 heavy (non-hydrogen) atoms. The third kappa shape index (κ3) is 2.85. The van der Waals surface area contributed by atoms with E-state index >= 15 is 0 Å². The van der Waals surface area contributed by atoms with Gasteiger partial charge in [-0.25, -0.2) is 0 Å². The molecule has 1 aliphatic carbocycles. The van der Waals surface area contributed by atoms with E-state index in [0.29, 0.717) is 5.92 Å². The van der Waals surface area contributed by atoms with Crippen LogP contribution in [0.1, 0.15) is 38.2 Å². The maximum Gasteiger partial charge on any atom is 0.0700 e. The second-order valence-electron chi connectivity index (χ2n) is 6.64. The van der Waals surface area contributed by atoms with Crippen LogP contribution >= 0.6 is 0 Å². The van der Waals surface area contributed by atoms with E-state index in [-0.39, 0.29) is 5.60 Å². The lowest BCUT2D eigenvalue weighted by molar-refractivity contribution is -0.105. The highest BCUT2D eigenvalue weighted by Gasteiger charge is 2.44. The van der Waals surface area contributed by atoms with Crippen molar-refractivity contribution in [2.24, 2.45) is 11.8 Å². The molecule has 0 radical (unpaired) electrons. The molecule has 1 saturated carbocycles. The molecule has 2 heteroatoms. The van der Waals surface area contributed by atoms with E-state index in [1.54, 1.807) is 0 Å². The smallest absolute Gasteiger partial charge is 0.0700 e. The van der Waals surface area contributed by atoms with Crippen molar-refractivity contribution < 1.29 is 5.11 Å². The maximum absolute atomic E-state index is 10.8. The minimum Gasteiger partial charge on any atom is -0.390 e. The molecule has 1 aromatic rings. The molecule has 0 spiro atoms. The SMILES string of the molecule is CC1CC(C2(O)CCN(Cc3ccccc3)CC2)C1. The summed E-state index contributed by atoms with van der Waals surface area (Å²) in [6.45, 7) is 5.40. The number of nitrogens with zero attached hydrogens (tertiary/aromatic N) is 1. The average molecular weight is 259 g/mol. The Bertz CT molecular complexity index is 403. The molecule has 0 atom stereocenters. The van der Waals surface area contributed by atoms with Crippen LogP contribution in [0, 0.1) is 11.8 Å². The van der Waals surface area contributed by atoms with Crippen molar-refractivity contribution in [1.29, 1.82) is 0 Å². The van der Waals surface area contributed by atoms with Gasteiger partial charge in [-0.2, -0.15) is 0 Å². The van der Waals surface area contributed by atoms with E-state index in [9.17, 15) is 5.11 Å². The van der Waals surface area contributed by atoms with Gasteiger partial charge in [0.2, 0.25) is 0 Å². The Morgan fingerprint density at radius 1 is 1.16 bits per heavy atom. The van der Waals surface area contributed by atoms with Crippen LogP contribution in [-0.4, -0.2) is 28.7 Å². The van der Waals surface area contributed by atoms with Crippen molar-refractivity contribution in [1.82, 2.24) is 4.90 Å². The van der Waals surface area contributed by atoms with E-state index < -0.39 is 0 Å². The summed E-state index contributed by atoms with van der Waals surface area (Å²) in [6, 6.07) is 10.6. The summed E-state index contributed by atoms with van der Waals surface area (Å²) in [5, 5.41) is 10.8. The van der Waals surface area contributed by atoms with Crippen LogP contribution in [0.5, 0.6) is 0 Å². The molecule has 2 fully saturated rings. The zero-order valence-corrected chi connectivity index (χ0v) is 11.9. The summed E-state index contributed by atoms with van der Waals surface area (Å²) in [5.74, 6) is 1.40. The van der Waals surface area contributed by atoms with Crippen LogP contribution < -0.4 is 0 Å². The molecular formula is C17H25NO. The minimum absolute atomic E-state index is 0.361. The number of aliphatic hydroxyl groups is 1.